The molecule has 0 aromatic rings. The summed E-state index contributed by atoms with van der Waals surface area (Å²) in [5.74, 6) is 0. The normalized spacial score (nSPS) is 13.1. The SMILES string of the molecule is CCCN(C)/N=C(/C)C(O)(CC)CC. The summed E-state index contributed by atoms with van der Waals surface area (Å²) in [5, 5.41) is 16.4. The lowest BCUT2D eigenvalue weighted by Crippen LogP contribution is -2.36. The molecule has 0 aliphatic heterocycles. The number of rotatable bonds is 6. The van der Waals surface area contributed by atoms with E-state index in [1.54, 1.807) is 0 Å². The number of hydrogen-bond donors (Lipinski definition) is 1. The highest BCUT2D eigenvalue weighted by Gasteiger charge is 2.26. The highest BCUT2D eigenvalue weighted by molar-refractivity contribution is 5.89. The van der Waals surface area contributed by atoms with Crippen LogP contribution in [0.5, 0.6) is 0 Å². The van der Waals surface area contributed by atoms with E-state index in [0.29, 0.717) is 0 Å². The van der Waals surface area contributed by atoms with Gasteiger partial charge in [-0.15, -0.1) is 0 Å². The van der Waals surface area contributed by atoms with Gasteiger partial charge in [-0.25, -0.2) is 0 Å². The summed E-state index contributed by atoms with van der Waals surface area (Å²) in [7, 11) is 1.94. The quantitative estimate of drug-likeness (QED) is 0.527. The molecule has 0 aromatic heterocycles. The average molecular weight is 200 g/mol. The molecule has 0 rings (SSSR count). The topological polar surface area (TPSA) is 35.8 Å². The second kappa shape index (κ2) is 6.02. The van der Waals surface area contributed by atoms with Crippen molar-refractivity contribution in [2.45, 2.75) is 52.6 Å². The van der Waals surface area contributed by atoms with Gasteiger partial charge in [0.15, 0.2) is 0 Å². The zero-order valence-corrected chi connectivity index (χ0v) is 10.2. The first-order valence-electron chi connectivity index (χ1n) is 5.49. The zero-order valence-electron chi connectivity index (χ0n) is 10.2. The molecule has 0 aromatic carbocycles. The molecule has 14 heavy (non-hydrogen) atoms. The lowest BCUT2D eigenvalue weighted by atomic mass is 9.93. The fourth-order valence-corrected chi connectivity index (χ4v) is 1.48. The molecule has 0 saturated heterocycles. The smallest absolute Gasteiger partial charge is 0.104 e. The monoisotopic (exact) mass is 200 g/mol. The summed E-state index contributed by atoms with van der Waals surface area (Å²) in [6, 6.07) is 0. The summed E-state index contributed by atoms with van der Waals surface area (Å²) in [4.78, 5) is 0. The van der Waals surface area contributed by atoms with Crippen LogP contribution in [0.25, 0.3) is 0 Å². The Hall–Kier alpha value is -0.570. The Morgan fingerprint density at radius 2 is 1.79 bits per heavy atom. The van der Waals surface area contributed by atoms with Gasteiger partial charge in [0.25, 0.3) is 0 Å². The molecule has 84 valence electrons. The van der Waals surface area contributed by atoms with E-state index in [4.69, 9.17) is 0 Å². The molecule has 0 aliphatic rings. The second-order valence-electron chi connectivity index (χ2n) is 3.81. The molecular formula is C11H24N2O. The van der Waals surface area contributed by atoms with Crippen LogP contribution < -0.4 is 0 Å². The number of hydrazone groups is 1. The first-order chi connectivity index (χ1) is 6.50. The van der Waals surface area contributed by atoms with Crippen LogP contribution in [0.1, 0.15) is 47.0 Å². The van der Waals surface area contributed by atoms with Crippen LogP contribution in [0.15, 0.2) is 5.10 Å². The minimum Gasteiger partial charge on any atom is -0.384 e. The molecule has 0 spiro atoms. The molecule has 3 nitrogen and oxygen atoms in total. The lowest BCUT2D eigenvalue weighted by molar-refractivity contribution is 0.100. The molecule has 0 aliphatic carbocycles. The van der Waals surface area contributed by atoms with Gasteiger partial charge in [0.05, 0.1) is 5.71 Å². The average Bonchev–Trinajstić information content (AvgIpc) is 2.16. The van der Waals surface area contributed by atoms with Gasteiger partial charge in [-0.2, -0.15) is 5.10 Å². The third kappa shape index (κ3) is 3.66. The van der Waals surface area contributed by atoms with Crippen molar-refractivity contribution in [3.63, 3.8) is 0 Å². The van der Waals surface area contributed by atoms with Crippen LogP contribution in [0.2, 0.25) is 0 Å². The van der Waals surface area contributed by atoms with Crippen molar-refractivity contribution in [1.82, 2.24) is 5.01 Å². The van der Waals surface area contributed by atoms with E-state index >= 15 is 0 Å². The van der Waals surface area contributed by atoms with E-state index in [0.717, 1.165) is 31.5 Å². The maximum Gasteiger partial charge on any atom is 0.104 e. The standard InChI is InChI=1S/C11H24N2O/c1-6-9-13(5)12-10(4)11(14,7-2)8-3/h14H,6-9H2,1-5H3/b12-10-. The van der Waals surface area contributed by atoms with Gasteiger partial charge in [-0.3, -0.25) is 0 Å². The van der Waals surface area contributed by atoms with Gasteiger partial charge >= 0.3 is 0 Å². The van der Waals surface area contributed by atoms with Crippen molar-refractivity contribution >= 4 is 5.71 Å². The molecule has 0 bridgehead atoms. The fourth-order valence-electron chi connectivity index (χ4n) is 1.48. The molecule has 1 N–H and O–H groups in total. The van der Waals surface area contributed by atoms with Crippen molar-refractivity contribution < 1.29 is 5.11 Å². The van der Waals surface area contributed by atoms with E-state index < -0.39 is 5.60 Å². The summed E-state index contributed by atoms with van der Waals surface area (Å²) >= 11 is 0. The summed E-state index contributed by atoms with van der Waals surface area (Å²) in [5.41, 5.74) is 0.0978. The van der Waals surface area contributed by atoms with Crippen LogP contribution >= 0.6 is 0 Å². The van der Waals surface area contributed by atoms with E-state index in [-0.39, 0.29) is 0 Å². The summed E-state index contributed by atoms with van der Waals surface area (Å²) in [6.07, 6.45) is 2.52. The Morgan fingerprint density at radius 1 is 1.29 bits per heavy atom. The number of hydrogen-bond acceptors (Lipinski definition) is 3. The molecular weight excluding hydrogens is 176 g/mol. The third-order valence-corrected chi connectivity index (χ3v) is 2.71. The Labute approximate surface area is 87.8 Å². The maximum absolute atomic E-state index is 10.2. The van der Waals surface area contributed by atoms with Crippen molar-refractivity contribution in [2.75, 3.05) is 13.6 Å². The van der Waals surface area contributed by atoms with Crippen LogP contribution in [-0.2, 0) is 0 Å². The molecule has 0 unspecified atom stereocenters. The van der Waals surface area contributed by atoms with Gasteiger partial charge in [-0.05, 0) is 26.2 Å². The first kappa shape index (κ1) is 13.4. The predicted octanol–water partition coefficient (Wildman–Crippen LogP) is 2.26. The highest BCUT2D eigenvalue weighted by Crippen LogP contribution is 2.17. The molecule has 0 saturated carbocycles. The van der Waals surface area contributed by atoms with Gasteiger partial charge in [0.1, 0.15) is 5.60 Å². The van der Waals surface area contributed by atoms with E-state index in [1.165, 1.54) is 0 Å². The predicted molar refractivity (Wildman–Crippen MR) is 61.6 cm³/mol. The molecule has 0 fully saturated rings. The minimum atomic E-state index is -0.720. The van der Waals surface area contributed by atoms with Crippen molar-refractivity contribution in [3.05, 3.63) is 0 Å². The molecule has 0 amide bonds. The van der Waals surface area contributed by atoms with Crippen LogP contribution in [0.4, 0.5) is 0 Å². The van der Waals surface area contributed by atoms with E-state index in [9.17, 15) is 5.11 Å². The lowest BCUT2D eigenvalue weighted by Gasteiger charge is -2.26. The van der Waals surface area contributed by atoms with E-state index in [2.05, 4.69) is 12.0 Å². The van der Waals surface area contributed by atoms with Crippen LogP contribution in [-0.4, -0.2) is 35.0 Å². The molecule has 3 heteroatoms. The van der Waals surface area contributed by atoms with Gasteiger partial charge in [0, 0.05) is 13.6 Å². The summed E-state index contributed by atoms with van der Waals surface area (Å²) in [6.45, 7) is 8.93. The molecule has 0 heterocycles. The Morgan fingerprint density at radius 3 is 2.14 bits per heavy atom. The van der Waals surface area contributed by atoms with Crippen molar-refractivity contribution in [2.24, 2.45) is 5.10 Å². The third-order valence-electron chi connectivity index (χ3n) is 2.71. The van der Waals surface area contributed by atoms with Gasteiger partial charge in [0.2, 0.25) is 0 Å². The number of aliphatic hydroxyl groups is 1. The fraction of sp³-hybridized carbons (Fsp3) is 0.909. The Balaban J connectivity index is 4.48. The largest absolute Gasteiger partial charge is 0.384 e. The minimum absolute atomic E-state index is 0.720. The Kier molecular flexibility index (Phi) is 5.77. The summed E-state index contributed by atoms with van der Waals surface area (Å²) < 4.78 is 0. The first-order valence-corrected chi connectivity index (χ1v) is 5.49. The van der Waals surface area contributed by atoms with Crippen LogP contribution in [0, 0.1) is 0 Å². The highest BCUT2D eigenvalue weighted by atomic mass is 16.3. The van der Waals surface area contributed by atoms with E-state index in [1.807, 2.05) is 32.8 Å². The number of nitrogens with zero attached hydrogens (tertiary/aromatic N) is 2. The maximum atomic E-state index is 10.2. The van der Waals surface area contributed by atoms with Crippen molar-refractivity contribution in [3.8, 4) is 0 Å². The van der Waals surface area contributed by atoms with Crippen molar-refractivity contribution in [1.29, 1.82) is 0 Å². The molecule has 0 atom stereocenters. The second-order valence-corrected chi connectivity index (χ2v) is 3.81. The van der Waals surface area contributed by atoms with Gasteiger partial charge < -0.3 is 10.1 Å². The molecule has 0 radical (unpaired) electrons. The zero-order chi connectivity index (χ0) is 11.2. The Bertz CT molecular complexity index is 186. The van der Waals surface area contributed by atoms with Gasteiger partial charge in [-0.1, -0.05) is 20.8 Å². The van der Waals surface area contributed by atoms with Crippen LogP contribution in [0.3, 0.4) is 0 Å².